The Hall–Kier alpha value is -0.500. The molecule has 7 heteroatoms. The molecule has 0 spiro atoms. The Kier molecular flexibility index (Phi) is 3.91. The van der Waals surface area contributed by atoms with Crippen LogP contribution in [0.1, 0.15) is 17.8 Å². The molecule has 1 aliphatic heterocycles. The van der Waals surface area contributed by atoms with E-state index in [1.54, 1.807) is 17.5 Å². The van der Waals surface area contributed by atoms with Crippen LogP contribution in [0.3, 0.4) is 0 Å². The standard InChI is InChI=1S/C9H15N3O2S2/c13-16(14,12-6-1-2-7-12)11-4-3-9-10-5-8-15-9/h5,8,11H,1-4,6-7H2. The van der Waals surface area contributed by atoms with E-state index in [2.05, 4.69) is 9.71 Å². The van der Waals surface area contributed by atoms with E-state index in [4.69, 9.17) is 0 Å². The Bertz CT molecular complexity index is 410. The number of hydrogen-bond donors (Lipinski definition) is 1. The zero-order valence-electron chi connectivity index (χ0n) is 8.92. The molecule has 0 bridgehead atoms. The van der Waals surface area contributed by atoms with Gasteiger partial charge in [0.25, 0.3) is 10.2 Å². The molecule has 1 aliphatic rings. The zero-order valence-corrected chi connectivity index (χ0v) is 10.6. The topological polar surface area (TPSA) is 62.3 Å². The first kappa shape index (κ1) is 12.0. The number of hydrogen-bond acceptors (Lipinski definition) is 4. The Balaban J connectivity index is 1.80. The van der Waals surface area contributed by atoms with Crippen molar-refractivity contribution in [2.75, 3.05) is 19.6 Å². The lowest BCUT2D eigenvalue weighted by Crippen LogP contribution is -2.39. The molecule has 1 saturated heterocycles. The summed E-state index contributed by atoms with van der Waals surface area (Å²) >= 11 is 1.55. The molecule has 0 atom stereocenters. The minimum absolute atomic E-state index is 0.423. The summed E-state index contributed by atoms with van der Waals surface area (Å²) in [4.78, 5) is 4.10. The van der Waals surface area contributed by atoms with Gasteiger partial charge in [0.1, 0.15) is 0 Å². The van der Waals surface area contributed by atoms with Crippen LogP contribution in [0.4, 0.5) is 0 Å². The van der Waals surface area contributed by atoms with Gasteiger partial charge in [-0.1, -0.05) is 0 Å². The van der Waals surface area contributed by atoms with Crippen LogP contribution in [0.2, 0.25) is 0 Å². The van der Waals surface area contributed by atoms with E-state index >= 15 is 0 Å². The third-order valence-electron chi connectivity index (χ3n) is 2.51. The summed E-state index contributed by atoms with van der Waals surface area (Å²) < 4.78 is 27.6. The largest absolute Gasteiger partial charge is 0.279 e. The van der Waals surface area contributed by atoms with E-state index in [1.165, 1.54) is 4.31 Å². The molecule has 90 valence electrons. The maximum Gasteiger partial charge on any atom is 0.279 e. The van der Waals surface area contributed by atoms with Crippen molar-refractivity contribution >= 4 is 21.5 Å². The van der Waals surface area contributed by atoms with Gasteiger partial charge < -0.3 is 0 Å². The Morgan fingerprint density at radius 2 is 2.19 bits per heavy atom. The van der Waals surface area contributed by atoms with E-state index in [1.807, 2.05) is 5.38 Å². The molecule has 0 aliphatic carbocycles. The monoisotopic (exact) mass is 261 g/mol. The Labute approximate surface area is 99.7 Å². The minimum Gasteiger partial charge on any atom is -0.250 e. The second-order valence-electron chi connectivity index (χ2n) is 3.68. The fourth-order valence-electron chi connectivity index (χ4n) is 1.68. The van der Waals surface area contributed by atoms with Crippen molar-refractivity contribution in [3.05, 3.63) is 16.6 Å². The maximum absolute atomic E-state index is 11.8. The smallest absolute Gasteiger partial charge is 0.250 e. The Morgan fingerprint density at radius 3 is 2.81 bits per heavy atom. The predicted octanol–water partition coefficient (Wildman–Crippen LogP) is 0.616. The van der Waals surface area contributed by atoms with Crippen LogP contribution < -0.4 is 4.72 Å². The third kappa shape index (κ3) is 3.00. The summed E-state index contributed by atoms with van der Waals surface area (Å²) in [5.41, 5.74) is 0. The van der Waals surface area contributed by atoms with Crippen molar-refractivity contribution in [1.29, 1.82) is 0 Å². The molecule has 1 aromatic heterocycles. The molecule has 2 rings (SSSR count). The minimum atomic E-state index is -3.25. The van der Waals surface area contributed by atoms with Gasteiger partial charge in [0.15, 0.2) is 0 Å². The van der Waals surface area contributed by atoms with Crippen LogP contribution in [-0.4, -0.2) is 37.3 Å². The lowest BCUT2D eigenvalue weighted by atomic mass is 10.4. The molecular formula is C9H15N3O2S2. The molecule has 1 aromatic rings. The molecule has 0 aromatic carbocycles. The summed E-state index contributed by atoms with van der Waals surface area (Å²) in [6.07, 6.45) is 4.32. The van der Waals surface area contributed by atoms with Gasteiger partial charge in [0.2, 0.25) is 0 Å². The van der Waals surface area contributed by atoms with Crippen LogP contribution in [0.15, 0.2) is 11.6 Å². The quantitative estimate of drug-likeness (QED) is 0.845. The van der Waals surface area contributed by atoms with Crippen molar-refractivity contribution in [3.63, 3.8) is 0 Å². The average molecular weight is 261 g/mol. The molecule has 1 N–H and O–H groups in total. The predicted molar refractivity (Wildman–Crippen MR) is 63.5 cm³/mol. The van der Waals surface area contributed by atoms with Gasteiger partial charge in [0.05, 0.1) is 5.01 Å². The number of rotatable bonds is 5. The molecular weight excluding hydrogens is 246 g/mol. The van der Waals surface area contributed by atoms with Crippen molar-refractivity contribution in [3.8, 4) is 0 Å². The van der Waals surface area contributed by atoms with Gasteiger partial charge in [-0.3, -0.25) is 0 Å². The first-order valence-corrected chi connectivity index (χ1v) is 7.63. The molecule has 2 heterocycles. The summed E-state index contributed by atoms with van der Waals surface area (Å²) in [6.45, 7) is 1.71. The number of nitrogens with zero attached hydrogens (tertiary/aromatic N) is 2. The highest BCUT2D eigenvalue weighted by Crippen LogP contribution is 2.11. The van der Waals surface area contributed by atoms with E-state index < -0.39 is 10.2 Å². The molecule has 0 unspecified atom stereocenters. The number of thiazole rings is 1. The van der Waals surface area contributed by atoms with Gasteiger partial charge >= 0.3 is 0 Å². The molecule has 16 heavy (non-hydrogen) atoms. The van der Waals surface area contributed by atoms with E-state index in [0.717, 1.165) is 17.8 Å². The van der Waals surface area contributed by atoms with Crippen molar-refractivity contribution in [2.45, 2.75) is 19.3 Å². The summed E-state index contributed by atoms with van der Waals surface area (Å²) in [5.74, 6) is 0. The number of aromatic nitrogens is 1. The first-order chi connectivity index (χ1) is 7.68. The Morgan fingerprint density at radius 1 is 1.44 bits per heavy atom. The summed E-state index contributed by atoms with van der Waals surface area (Å²) in [7, 11) is -3.25. The molecule has 5 nitrogen and oxygen atoms in total. The highest BCUT2D eigenvalue weighted by Gasteiger charge is 2.24. The highest BCUT2D eigenvalue weighted by molar-refractivity contribution is 7.87. The van der Waals surface area contributed by atoms with Crippen molar-refractivity contribution in [1.82, 2.24) is 14.0 Å². The lowest BCUT2D eigenvalue weighted by Gasteiger charge is -2.15. The van der Waals surface area contributed by atoms with Crippen molar-refractivity contribution in [2.24, 2.45) is 0 Å². The molecule has 0 saturated carbocycles. The molecule has 0 amide bonds. The summed E-state index contributed by atoms with van der Waals surface area (Å²) in [5, 5.41) is 2.86. The van der Waals surface area contributed by atoms with Crippen molar-refractivity contribution < 1.29 is 8.42 Å². The second kappa shape index (κ2) is 5.22. The summed E-state index contributed by atoms with van der Waals surface area (Å²) in [6, 6.07) is 0. The lowest BCUT2D eigenvalue weighted by molar-refractivity contribution is 0.465. The number of nitrogens with one attached hydrogen (secondary N) is 1. The maximum atomic E-state index is 11.8. The highest BCUT2D eigenvalue weighted by atomic mass is 32.2. The van der Waals surface area contributed by atoms with E-state index in [9.17, 15) is 8.42 Å². The van der Waals surface area contributed by atoms with E-state index in [-0.39, 0.29) is 0 Å². The second-order valence-corrected chi connectivity index (χ2v) is 6.42. The van der Waals surface area contributed by atoms with Gasteiger partial charge in [-0.25, -0.2) is 9.71 Å². The average Bonchev–Trinajstić information content (AvgIpc) is 2.90. The fraction of sp³-hybridized carbons (Fsp3) is 0.667. The SMILES string of the molecule is O=S(=O)(NCCc1nccs1)N1CCCC1. The fourth-order valence-corrected chi connectivity index (χ4v) is 3.59. The third-order valence-corrected chi connectivity index (χ3v) is 4.97. The first-order valence-electron chi connectivity index (χ1n) is 5.31. The van der Waals surface area contributed by atoms with Crippen LogP contribution in [-0.2, 0) is 16.6 Å². The molecule has 1 fully saturated rings. The molecule has 0 radical (unpaired) electrons. The normalized spacial score (nSPS) is 18.0. The van der Waals surface area contributed by atoms with Crippen LogP contribution in [0, 0.1) is 0 Å². The van der Waals surface area contributed by atoms with Crippen LogP contribution in [0.5, 0.6) is 0 Å². The zero-order chi connectivity index (χ0) is 11.4. The van der Waals surface area contributed by atoms with Gasteiger partial charge in [-0.05, 0) is 12.8 Å². The van der Waals surface area contributed by atoms with Gasteiger partial charge in [-0.15, -0.1) is 11.3 Å². The van der Waals surface area contributed by atoms with E-state index in [0.29, 0.717) is 26.1 Å². The van der Waals surface area contributed by atoms with Crippen LogP contribution >= 0.6 is 11.3 Å². The van der Waals surface area contributed by atoms with Gasteiger partial charge in [0, 0.05) is 37.6 Å². The van der Waals surface area contributed by atoms with Gasteiger partial charge in [-0.2, -0.15) is 12.7 Å². The van der Waals surface area contributed by atoms with Crippen LogP contribution in [0.25, 0.3) is 0 Å².